The van der Waals surface area contributed by atoms with Crippen molar-refractivity contribution in [3.63, 3.8) is 0 Å². The Kier molecular flexibility index (Phi) is 3.53. The van der Waals surface area contributed by atoms with Gasteiger partial charge in [0.05, 0.1) is 26.2 Å². The summed E-state index contributed by atoms with van der Waals surface area (Å²) in [5.41, 5.74) is 2.45. The van der Waals surface area contributed by atoms with Crippen molar-refractivity contribution in [2.24, 2.45) is 5.92 Å². The summed E-state index contributed by atoms with van der Waals surface area (Å²) in [5.74, 6) is -0.119. The molecular formula is C15H18O4. The minimum Gasteiger partial charge on any atom is -0.469 e. The Balaban J connectivity index is 1.91. The van der Waals surface area contributed by atoms with Crippen LogP contribution in [-0.4, -0.2) is 32.6 Å². The van der Waals surface area contributed by atoms with E-state index >= 15 is 0 Å². The first-order valence-corrected chi connectivity index (χ1v) is 6.68. The summed E-state index contributed by atoms with van der Waals surface area (Å²) in [4.78, 5) is 11.8. The molecule has 1 aliphatic carbocycles. The van der Waals surface area contributed by atoms with Crippen molar-refractivity contribution in [3.8, 4) is 0 Å². The van der Waals surface area contributed by atoms with Gasteiger partial charge in [-0.3, -0.25) is 4.79 Å². The lowest BCUT2D eigenvalue weighted by atomic mass is 9.76. The van der Waals surface area contributed by atoms with Gasteiger partial charge < -0.3 is 14.2 Å². The lowest BCUT2D eigenvalue weighted by Crippen LogP contribution is -2.32. The quantitative estimate of drug-likeness (QED) is 0.763. The summed E-state index contributed by atoms with van der Waals surface area (Å²) in [6.07, 6.45) is 1.24. The molecule has 1 fully saturated rings. The number of carbonyl (C=O) groups excluding carboxylic acids is 1. The average molecular weight is 262 g/mol. The van der Waals surface area contributed by atoms with Crippen molar-refractivity contribution in [2.45, 2.75) is 25.0 Å². The predicted molar refractivity (Wildman–Crippen MR) is 68.7 cm³/mol. The van der Waals surface area contributed by atoms with Crippen LogP contribution in [0.15, 0.2) is 24.3 Å². The predicted octanol–water partition coefficient (Wildman–Crippen LogP) is 1.88. The first-order valence-electron chi connectivity index (χ1n) is 6.68. The Bertz CT molecular complexity index is 465. The summed E-state index contributed by atoms with van der Waals surface area (Å²) in [5, 5.41) is 0. The molecule has 102 valence electrons. The topological polar surface area (TPSA) is 44.8 Å². The molecular weight excluding hydrogens is 244 g/mol. The van der Waals surface area contributed by atoms with E-state index in [0.29, 0.717) is 13.2 Å². The molecule has 1 saturated heterocycles. The van der Waals surface area contributed by atoms with Crippen LogP contribution in [0.5, 0.6) is 0 Å². The van der Waals surface area contributed by atoms with E-state index in [2.05, 4.69) is 12.1 Å². The van der Waals surface area contributed by atoms with Crippen molar-refractivity contribution < 1.29 is 19.0 Å². The van der Waals surface area contributed by atoms with Gasteiger partial charge in [0.25, 0.3) is 0 Å². The number of benzene rings is 1. The number of hydrogen-bond donors (Lipinski definition) is 0. The zero-order chi connectivity index (χ0) is 13.2. The Morgan fingerprint density at radius 1 is 1.26 bits per heavy atom. The monoisotopic (exact) mass is 262 g/mol. The van der Waals surface area contributed by atoms with E-state index in [4.69, 9.17) is 14.2 Å². The van der Waals surface area contributed by atoms with Gasteiger partial charge in [-0.1, -0.05) is 24.3 Å². The molecule has 1 aliphatic heterocycles. The Morgan fingerprint density at radius 3 is 2.74 bits per heavy atom. The van der Waals surface area contributed by atoms with Gasteiger partial charge in [0, 0.05) is 5.92 Å². The van der Waals surface area contributed by atoms with E-state index in [1.807, 2.05) is 12.1 Å². The van der Waals surface area contributed by atoms with E-state index in [1.165, 1.54) is 18.2 Å². The zero-order valence-corrected chi connectivity index (χ0v) is 11.0. The lowest BCUT2D eigenvalue weighted by Gasteiger charge is -2.32. The summed E-state index contributed by atoms with van der Waals surface area (Å²) >= 11 is 0. The number of methoxy groups -OCH3 is 1. The van der Waals surface area contributed by atoms with Gasteiger partial charge in [0.1, 0.15) is 0 Å². The smallest absolute Gasteiger partial charge is 0.309 e. The molecule has 0 spiro atoms. The zero-order valence-electron chi connectivity index (χ0n) is 11.0. The fourth-order valence-electron chi connectivity index (χ4n) is 3.08. The maximum Gasteiger partial charge on any atom is 0.309 e. The van der Waals surface area contributed by atoms with E-state index in [0.717, 1.165) is 12.8 Å². The van der Waals surface area contributed by atoms with Crippen LogP contribution in [0.2, 0.25) is 0 Å². The molecule has 3 rings (SSSR count). The van der Waals surface area contributed by atoms with E-state index in [-0.39, 0.29) is 24.1 Å². The van der Waals surface area contributed by atoms with E-state index in [9.17, 15) is 4.79 Å². The third-order valence-corrected chi connectivity index (χ3v) is 3.97. The molecule has 2 atom stereocenters. The molecule has 19 heavy (non-hydrogen) atoms. The summed E-state index contributed by atoms with van der Waals surface area (Å²) < 4.78 is 16.2. The van der Waals surface area contributed by atoms with E-state index in [1.54, 1.807) is 0 Å². The molecule has 1 aromatic carbocycles. The second-order valence-electron chi connectivity index (χ2n) is 5.08. The number of rotatable bonds is 2. The van der Waals surface area contributed by atoms with Gasteiger partial charge in [0.15, 0.2) is 6.29 Å². The second kappa shape index (κ2) is 5.31. The van der Waals surface area contributed by atoms with Crippen LogP contribution in [0.25, 0.3) is 0 Å². The third kappa shape index (κ3) is 2.38. The van der Waals surface area contributed by atoms with Gasteiger partial charge in [-0.2, -0.15) is 0 Å². The molecule has 4 nitrogen and oxygen atoms in total. The SMILES string of the molecule is COC(=O)C1Cc2ccccc2C(C2OCCO2)C1. The van der Waals surface area contributed by atoms with Crippen molar-refractivity contribution in [1.29, 1.82) is 0 Å². The maximum absolute atomic E-state index is 11.8. The Morgan fingerprint density at radius 2 is 2.00 bits per heavy atom. The van der Waals surface area contributed by atoms with Gasteiger partial charge in [-0.15, -0.1) is 0 Å². The van der Waals surface area contributed by atoms with Crippen molar-refractivity contribution in [1.82, 2.24) is 0 Å². The van der Waals surface area contributed by atoms with Gasteiger partial charge in [-0.25, -0.2) is 0 Å². The highest BCUT2D eigenvalue weighted by molar-refractivity contribution is 5.73. The van der Waals surface area contributed by atoms with Crippen LogP contribution in [0.3, 0.4) is 0 Å². The minimum atomic E-state index is -0.228. The fraction of sp³-hybridized carbons (Fsp3) is 0.533. The molecule has 2 aliphatic rings. The highest BCUT2D eigenvalue weighted by Gasteiger charge is 2.38. The van der Waals surface area contributed by atoms with Gasteiger partial charge >= 0.3 is 5.97 Å². The molecule has 1 heterocycles. The first-order chi connectivity index (χ1) is 9.29. The molecule has 0 amide bonds. The standard InChI is InChI=1S/C15H18O4/c1-17-14(16)11-8-10-4-2-3-5-12(10)13(9-11)15-18-6-7-19-15/h2-5,11,13,15H,6-9H2,1H3. The van der Waals surface area contributed by atoms with Crippen LogP contribution >= 0.6 is 0 Å². The third-order valence-electron chi connectivity index (χ3n) is 3.97. The van der Waals surface area contributed by atoms with Gasteiger partial charge in [-0.05, 0) is 24.0 Å². The normalized spacial score (nSPS) is 27.0. The average Bonchev–Trinajstić information content (AvgIpc) is 2.99. The molecule has 0 aromatic heterocycles. The molecule has 0 N–H and O–H groups in total. The molecule has 2 unspecified atom stereocenters. The summed E-state index contributed by atoms with van der Waals surface area (Å²) in [7, 11) is 1.44. The van der Waals surface area contributed by atoms with E-state index < -0.39 is 0 Å². The summed E-state index contributed by atoms with van der Waals surface area (Å²) in [6, 6.07) is 8.22. The van der Waals surface area contributed by atoms with Gasteiger partial charge in [0.2, 0.25) is 0 Å². The van der Waals surface area contributed by atoms with Crippen LogP contribution in [-0.2, 0) is 25.4 Å². The van der Waals surface area contributed by atoms with Crippen molar-refractivity contribution >= 4 is 5.97 Å². The Labute approximate surface area is 112 Å². The highest BCUT2D eigenvalue weighted by Crippen LogP contribution is 2.39. The molecule has 1 aromatic rings. The van der Waals surface area contributed by atoms with Crippen LogP contribution in [0.1, 0.15) is 23.5 Å². The highest BCUT2D eigenvalue weighted by atomic mass is 16.7. The fourth-order valence-corrected chi connectivity index (χ4v) is 3.08. The number of esters is 1. The second-order valence-corrected chi connectivity index (χ2v) is 5.08. The van der Waals surface area contributed by atoms with Crippen molar-refractivity contribution in [2.75, 3.05) is 20.3 Å². The van der Waals surface area contributed by atoms with Crippen LogP contribution in [0.4, 0.5) is 0 Å². The molecule has 0 saturated carbocycles. The largest absolute Gasteiger partial charge is 0.469 e. The number of ether oxygens (including phenoxy) is 3. The molecule has 0 bridgehead atoms. The number of fused-ring (bicyclic) bond motifs is 1. The Hall–Kier alpha value is -1.39. The first kappa shape index (κ1) is 12.6. The van der Waals surface area contributed by atoms with Crippen LogP contribution < -0.4 is 0 Å². The molecule has 0 radical (unpaired) electrons. The minimum absolute atomic E-state index is 0.0994. The number of carbonyl (C=O) groups is 1. The maximum atomic E-state index is 11.8. The van der Waals surface area contributed by atoms with Crippen molar-refractivity contribution in [3.05, 3.63) is 35.4 Å². The lowest BCUT2D eigenvalue weighted by molar-refractivity contribution is -0.147. The number of hydrogen-bond acceptors (Lipinski definition) is 4. The molecule has 4 heteroatoms. The summed E-state index contributed by atoms with van der Waals surface area (Å²) in [6.45, 7) is 1.26. The van der Waals surface area contributed by atoms with Crippen LogP contribution in [0, 0.1) is 5.92 Å².